The number of aryl methyl sites for hydroxylation is 1. The maximum absolute atomic E-state index is 4.98. The third kappa shape index (κ3) is 3.65. The number of benzene rings is 4. The van der Waals surface area contributed by atoms with Gasteiger partial charge in [-0.25, -0.2) is 4.98 Å². The standard InChI is InChI=1S/C28H24N2/c1-21-9-5-6-12-25(21)20-30-27-14-8-7-13-26(27)29-28(30)19-22-15-17-24(18-16-22)23-10-3-2-4-11-23/h2-18H,19-20H2,1H3. The van der Waals surface area contributed by atoms with Crippen LogP contribution in [0.15, 0.2) is 103 Å². The highest BCUT2D eigenvalue weighted by Gasteiger charge is 2.12. The van der Waals surface area contributed by atoms with Gasteiger partial charge in [-0.2, -0.15) is 0 Å². The zero-order chi connectivity index (χ0) is 20.3. The van der Waals surface area contributed by atoms with Gasteiger partial charge in [0.2, 0.25) is 0 Å². The first kappa shape index (κ1) is 18.4. The number of fused-ring (bicyclic) bond motifs is 1. The van der Waals surface area contributed by atoms with Gasteiger partial charge in [0, 0.05) is 13.0 Å². The molecule has 146 valence electrons. The molecule has 1 heterocycles. The molecule has 0 radical (unpaired) electrons. The van der Waals surface area contributed by atoms with Crippen LogP contribution in [0.2, 0.25) is 0 Å². The van der Waals surface area contributed by atoms with Crippen molar-refractivity contribution < 1.29 is 0 Å². The third-order valence-corrected chi connectivity index (χ3v) is 5.75. The molecule has 0 atom stereocenters. The normalized spacial score (nSPS) is 11.1. The van der Waals surface area contributed by atoms with Crippen molar-refractivity contribution in [2.24, 2.45) is 0 Å². The highest BCUT2D eigenvalue weighted by molar-refractivity contribution is 5.76. The molecule has 0 bridgehead atoms. The quantitative estimate of drug-likeness (QED) is 0.329. The van der Waals surface area contributed by atoms with Crippen molar-refractivity contribution in [2.75, 3.05) is 0 Å². The van der Waals surface area contributed by atoms with E-state index in [9.17, 15) is 0 Å². The molecule has 4 aromatic carbocycles. The Bertz CT molecular complexity index is 1280. The molecule has 0 fully saturated rings. The summed E-state index contributed by atoms with van der Waals surface area (Å²) in [6, 6.07) is 36.4. The van der Waals surface area contributed by atoms with E-state index in [1.54, 1.807) is 0 Å². The molecule has 0 aliphatic carbocycles. The van der Waals surface area contributed by atoms with E-state index < -0.39 is 0 Å². The van der Waals surface area contributed by atoms with Gasteiger partial charge < -0.3 is 4.57 Å². The fourth-order valence-corrected chi connectivity index (χ4v) is 4.02. The minimum Gasteiger partial charge on any atom is -0.323 e. The molecule has 0 aliphatic rings. The second kappa shape index (κ2) is 8.00. The lowest BCUT2D eigenvalue weighted by Gasteiger charge is -2.12. The van der Waals surface area contributed by atoms with E-state index in [4.69, 9.17) is 4.98 Å². The average molecular weight is 389 g/mol. The molecule has 5 aromatic rings. The minimum atomic E-state index is 0.815. The monoisotopic (exact) mass is 388 g/mol. The Hall–Kier alpha value is -3.65. The fraction of sp³-hybridized carbons (Fsp3) is 0.107. The van der Waals surface area contributed by atoms with E-state index >= 15 is 0 Å². The number of para-hydroxylation sites is 2. The van der Waals surface area contributed by atoms with Gasteiger partial charge in [-0.1, -0.05) is 91.0 Å². The van der Waals surface area contributed by atoms with Crippen LogP contribution in [0.4, 0.5) is 0 Å². The molecule has 1 aromatic heterocycles. The number of aromatic nitrogens is 2. The summed E-state index contributed by atoms with van der Waals surface area (Å²) in [6.07, 6.45) is 0.815. The predicted molar refractivity (Wildman–Crippen MR) is 125 cm³/mol. The minimum absolute atomic E-state index is 0.815. The summed E-state index contributed by atoms with van der Waals surface area (Å²) >= 11 is 0. The molecular weight excluding hydrogens is 364 g/mol. The van der Waals surface area contributed by atoms with Gasteiger partial charge in [0.1, 0.15) is 5.82 Å². The van der Waals surface area contributed by atoms with E-state index in [2.05, 4.69) is 115 Å². The van der Waals surface area contributed by atoms with Gasteiger partial charge in [0.15, 0.2) is 0 Å². The molecule has 0 saturated heterocycles. The maximum atomic E-state index is 4.98. The molecular formula is C28H24N2. The van der Waals surface area contributed by atoms with Crippen LogP contribution in [0.1, 0.15) is 22.5 Å². The van der Waals surface area contributed by atoms with Crippen molar-refractivity contribution in [3.05, 3.63) is 126 Å². The van der Waals surface area contributed by atoms with Crippen LogP contribution in [-0.2, 0) is 13.0 Å². The highest BCUT2D eigenvalue weighted by atomic mass is 15.1. The zero-order valence-electron chi connectivity index (χ0n) is 17.1. The molecule has 0 amide bonds. The second-order valence-corrected chi connectivity index (χ2v) is 7.77. The first-order chi connectivity index (χ1) is 14.8. The summed E-state index contributed by atoms with van der Waals surface area (Å²) in [5, 5.41) is 0. The van der Waals surface area contributed by atoms with E-state index in [0.717, 1.165) is 24.3 Å². The fourth-order valence-electron chi connectivity index (χ4n) is 4.02. The lowest BCUT2D eigenvalue weighted by molar-refractivity contribution is 0.759. The Morgan fingerprint density at radius 3 is 2.13 bits per heavy atom. The molecule has 0 saturated carbocycles. The van der Waals surface area contributed by atoms with Crippen LogP contribution in [0, 0.1) is 6.92 Å². The first-order valence-corrected chi connectivity index (χ1v) is 10.4. The summed E-state index contributed by atoms with van der Waals surface area (Å²) < 4.78 is 2.36. The van der Waals surface area contributed by atoms with Crippen molar-refractivity contribution >= 4 is 11.0 Å². The van der Waals surface area contributed by atoms with Crippen molar-refractivity contribution in [3.8, 4) is 11.1 Å². The Labute approximate surface area is 177 Å². The molecule has 0 aliphatic heterocycles. The summed E-state index contributed by atoms with van der Waals surface area (Å²) in [5.41, 5.74) is 8.66. The Kier molecular flexibility index (Phi) is 4.90. The number of nitrogens with zero attached hydrogens (tertiary/aromatic N) is 2. The number of hydrogen-bond donors (Lipinski definition) is 0. The molecule has 0 unspecified atom stereocenters. The van der Waals surface area contributed by atoms with Gasteiger partial charge >= 0.3 is 0 Å². The molecule has 5 rings (SSSR count). The number of imidazole rings is 1. The van der Waals surface area contributed by atoms with Gasteiger partial charge in [0.25, 0.3) is 0 Å². The predicted octanol–water partition coefficient (Wildman–Crippen LogP) is 6.65. The van der Waals surface area contributed by atoms with Crippen LogP contribution in [0.25, 0.3) is 22.2 Å². The Balaban J connectivity index is 1.49. The third-order valence-electron chi connectivity index (χ3n) is 5.75. The van der Waals surface area contributed by atoms with Crippen molar-refractivity contribution in [2.45, 2.75) is 19.9 Å². The molecule has 30 heavy (non-hydrogen) atoms. The van der Waals surface area contributed by atoms with Crippen LogP contribution >= 0.6 is 0 Å². The van der Waals surface area contributed by atoms with E-state index in [0.29, 0.717) is 0 Å². The lowest BCUT2D eigenvalue weighted by Crippen LogP contribution is -2.07. The van der Waals surface area contributed by atoms with E-state index in [1.165, 1.54) is 33.3 Å². The zero-order valence-corrected chi connectivity index (χ0v) is 17.1. The molecule has 0 spiro atoms. The summed E-state index contributed by atoms with van der Waals surface area (Å²) in [5.74, 6) is 1.10. The van der Waals surface area contributed by atoms with E-state index in [1.807, 2.05) is 0 Å². The first-order valence-electron chi connectivity index (χ1n) is 10.4. The Morgan fingerprint density at radius 1 is 0.667 bits per heavy atom. The van der Waals surface area contributed by atoms with Crippen LogP contribution in [-0.4, -0.2) is 9.55 Å². The molecule has 0 N–H and O–H groups in total. The van der Waals surface area contributed by atoms with E-state index in [-0.39, 0.29) is 0 Å². The summed E-state index contributed by atoms with van der Waals surface area (Å²) in [7, 11) is 0. The van der Waals surface area contributed by atoms with Gasteiger partial charge in [0.05, 0.1) is 11.0 Å². The van der Waals surface area contributed by atoms with Crippen molar-refractivity contribution in [1.82, 2.24) is 9.55 Å². The maximum Gasteiger partial charge on any atom is 0.114 e. The number of rotatable bonds is 5. The largest absolute Gasteiger partial charge is 0.323 e. The van der Waals surface area contributed by atoms with Crippen LogP contribution in [0.3, 0.4) is 0 Å². The highest BCUT2D eigenvalue weighted by Crippen LogP contribution is 2.23. The lowest BCUT2D eigenvalue weighted by atomic mass is 10.0. The summed E-state index contributed by atoms with van der Waals surface area (Å²) in [4.78, 5) is 4.98. The molecule has 2 nitrogen and oxygen atoms in total. The SMILES string of the molecule is Cc1ccccc1Cn1c(Cc2ccc(-c3ccccc3)cc2)nc2ccccc21. The van der Waals surface area contributed by atoms with Gasteiger partial charge in [-0.05, 0) is 46.9 Å². The number of hydrogen-bond acceptors (Lipinski definition) is 1. The Morgan fingerprint density at radius 2 is 1.33 bits per heavy atom. The van der Waals surface area contributed by atoms with Gasteiger partial charge in [-0.15, -0.1) is 0 Å². The average Bonchev–Trinajstić information content (AvgIpc) is 3.13. The summed E-state index contributed by atoms with van der Waals surface area (Å²) in [6.45, 7) is 3.01. The topological polar surface area (TPSA) is 17.8 Å². The smallest absolute Gasteiger partial charge is 0.114 e. The van der Waals surface area contributed by atoms with Gasteiger partial charge in [-0.3, -0.25) is 0 Å². The molecule has 2 heteroatoms. The van der Waals surface area contributed by atoms with Crippen molar-refractivity contribution in [3.63, 3.8) is 0 Å². The second-order valence-electron chi connectivity index (χ2n) is 7.77. The van der Waals surface area contributed by atoms with Crippen LogP contribution < -0.4 is 0 Å². The van der Waals surface area contributed by atoms with Crippen molar-refractivity contribution in [1.29, 1.82) is 0 Å². The van der Waals surface area contributed by atoms with Crippen LogP contribution in [0.5, 0.6) is 0 Å².